The number of piperidine rings is 1. The van der Waals surface area contributed by atoms with E-state index in [1.165, 1.54) is 11.0 Å². The lowest BCUT2D eigenvalue weighted by molar-refractivity contribution is -0.158. The lowest BCUT2D eigenvalue weighted by Gasteiger charge is -2.41. The third-order valence-corrected chi connectivity index (χ3v) is 3.84. The van der Waals surface area contributed by atoms with Crippen LogP contribution in [0, 0.1) is 0 Å². The van der Waals surface area contributed by atoms with E-state index in [1.54, 1.807) is 13.0 Å². The van der Waals surface area contributed by atoms with Gasteiger partial charge in [-0.1, -0.05) is 30.3 Å². The van der Waals surface area contributed by atoms with Crippen LogP contribution in [0.25, 0.3) is 6.08 Å². The molecule has 0 aliphatic carbocycles. The van der Waals surface area contributed by atoms with Crippen molar-refractivity contribution in [1.82, 2.24) is 4.90 Å². The van der Waals surface area contributed by atoms with E-state index < -0.39 is 11.5 Å². The van der Waals surface area contributed by atoms with Crippen LogP contribution >= 0.6 is 0 Å². The van der Waals surface area contributed by atoms with E-state index in [2.05, 4.69) is 0 Å². The minimum Gasteiger partial charge on any atom is -0.480 e. The van der Waals surface area contributed by atoms with Gasteiger partial charge < -0.3 is 10.0 Å². The highest BCUT2D eigenvalue weighted by molar-refractivity contribution is 5.95. The van der Waals surface area contributed by atoms with Gasteiger partial charge in [-0.05, 0) is 37.8 Å². The molecule has 0 aromatic heterocycles. The summed E-state index contributed by atoms with van der Waals surface area (Å²) < 4.78 is 0. The lowest BCUT2D eigenvalue weighted by Crippen LogP contribution is -2.57. The number of carboxylic acids is 1. The molecule has 4 nitrogen and oxygen atoms in total. The SMILES string of the molecule is CC1(C(=O)O)CCCCN1C(=O)/C=C/c1ccccc1. The Morgan fingerprint density at radius 1 is 1.25 bits per heavy atom. The van der Waals surface area contributed by atoms with Gasteiger partial charge in [0.15, 0.2) is 0 Å². The summed E-state index contributed by atoms with van der Waals surface area (Å²) in [6.45, 7) is 2.13. The summed E-state index contributed by atoms with van der Waals surface area (Å²) in [6.07, 6.45) is 5.39. The summed E-state index contributed by atoms with van der Waals surface area (Å²) >= 11 is 0. The zero-order valence-electron chi connectivity index (χ0n) is 11.6. The fraction of sp³-hybridized carbons (Fsp3) is 0.375. The Balaban J connectivity index is 2.15. The predicted molar refractivity (Wildman–Crippen MR) is 77.1 cm³/mol. The molecule has 1 amide bonds. The average molecular weight is 273 g/mol. The molecule has 20 heavy (non-hydrogen) atoms. The van der Waals surface area contributed by atoms with Crippen molar-refractivity contribution in [2.24, 2.45) is 0 Å². The smallest absolute Gasteiger partial charge is 0.329 e. The van der Waals surface area contributed by atoms with Crippen molar-refractivity contribution in [3.05, 3.63) is 42.0 Å². The van der Waals surface area contributed by atoms with E-state index in [4.69, 9.17) is 0 Å². The number of carboxylic acid groups (broad SMARTS) is 1. The maximum atomic E-state index is 12.3. The number of benzene rings is 1. The Bertz CT molecular complexity index is 524. The number of hydrogen-bond donors (Lipinski definition) is 1. The van der Waals surface area contributed by atoms with Crippen molar-refractivity contribution < 1.29 is 14.7 Å². The molecular weight excluding hydrogens is 254 g/mol. The Morgan fingerprint density at radius 3 is 2.60 bits per heavy atom. The zero-order chi connectivity index (χ0) is 14.6. The van der Waals surface area contributed by atoms with Gasteiger partial charge in [0.25, 0.3) is 0 Å². The van der Waals surface area contributed by atoms with E-state index in [0.29, 0.717) is 13.0 Å². The first-order valence-corrected chi connectivity index (χ1v) is 6.82. The van der Waals surface area contributed by atoms with E-state index in [9.17, 15) is 14.7 Å². The Hall–Kier alpha value is -2.10. The van der Waals surface area contributed by atoms with Gasteiger partial charge in [0.1, 0.15) is 5.54 Å². The Kier molecular flexibility index (Phi) is 4.23. The van der Waals surface area contributed by atoms with Crippen molar-refractivity contribution in [2.45, 2.75) is 31.7 Å². The predicted octanol–water partition coefficient (Wildman–Crippen LogP) is 2.56. The van der Waals surface area contributed by atoms with Gasteiger partial charge in [0, 0.05) is 12.6 Å². The lowest BCUT2D eigenvalue weighted by atomic mass is 9.88. The van der Waals surface area contributed by atoms with Crippen molar-refractivity contribution in [3.8, 4) is 0 Å². The van der Waals surface area contributed by atoms with Crippen LogP contribution in [0.5, 0.6) is 0 Å². The first kappa shape index (κ1) is 14.3. The number of amides is 1. The molecule has 1 fully saturated rings. The maximum Gasteiger partial charge on any atom is 0.329 e. The van der Waals surface area contributed by atoms with Crippen molar-refractivity contribution in [3.63, 3.8) is 0 Å². The summed E-state index contributed by atoms with van der Waals surface area (Å²) in [5, 5.41) is 9.38. The molecule has 0 bridgehead atoms. The Labute approximate surface area is 118 Å². The van der Waals surface area contributed by atoms with E-state index in [-0.39, 0.29) is 5.91 Å². The quantitative estimate of drug-likeness (QED) is 0.861. The van der Waals surface area contributed by atoms with Crippen LogP contribution in [0.2, 0.25) is 0 Å². The van der Waals surface area contributed by atoms with Gasteiger partial charge >= 0.3 is 5.97 Å². The van der Waals surface area contributed by atoms with Crippen LogP contribution in [0.3, 0.4) is 0 Å². The van der Waals surface area contributed by atoms with Crippen LogP contribution in [0.15, 0.2) is 36.4 Å². The van der Waals surface area contributed by atoms with Crippen molar-refractivity contribution >= 4 is 18.0 Å². The topological polar surface area (TPSA) is 57.6 Å². The molecule has 1 aromatic rings. The number of hydrogen-bond acceptors (Lipinski definition) is 2. The van der Waals surface area contributed by atoms with E-state index >= 15 is 0 Å². The molecule has 1 atom stereocenters. The zero-order valence-corrected chi connectivity index (χ0v) is 11.6. The average Bonchev–Trinajstić information content (AvgIpc) is 2.46. The number of nitrogens with zero attached hydrogens (tertiary/aromatic N) is 1. The van der Waals surface area contributed by atoms with Gasteiger partial charge in [-0.15, -0.1) is 0 Å². The molecule has 1 heterocycles. The molecule has 2 rings (SSSR count). The summed E-state index contributed by atoms with van der Waals surface area (Å²) in [5.74, 6) is -1.17. The highest BCUT2D eigenvalue weighted by Crippen LogP contribution is 2.28. The number of likely N-dealkylation sites (tertiary alicyclic amines) is 1. The summed E-state index contributed by atoms with van der Waals surface area (Å²) in [6, 6.07) is 9.50. The number of carbonyl (C=O) groups excluding carboxylic acids is 1. The first-order chi connectivity index (χ1) is 9.54. The number of rotatable bonds is 3. The number of carbonyl (C=O) groups is 2. The van der Waals surface area contributed by atoms with Crippen LogP contribution in [0.4, 0.5) is 0 Å². The van der Waals surface area contributed by atoms with Crippen molar-refractivity contribution in [1.29, 1.82) is 0 Å². The van der Waals surface area contributed by atoms with E-state index in [1.807, 2.05) is 30.3 Å². The monoisotopic (exact) mass is 273 g/mol. The molecule has 1 unspecified atom stereocenters. The molecule has 0 radical (unpaired) electrons. The summed E-state index contributed by atoms with van der Waals surface area (Å²) in [4.78, 5) is 25.2. The van der Waals surface area contributed by atoms with Crippen molar-refractivity contribution in [2.75, 3.05) is 6.54 Å². The largest absolute Gasteiger partial charge is 0.480 e. The minimum absolute atomic E-state index is 0.238. The second kappa shape index (κ2) is 5.90. The molecular formula is C16H19NO3. The van der Waals surface area contributed by atoms with Gasteiger partial charge in [-0.25, -0.2) is 4.79 Å². The molecule has 0 spiro atoms. The second-order valence-corrected chi connectivity index (χ2v) is 5.27. The van der Waals surface area contributed by atoms with Crippen LogP contribution in [0.1, 0.15) is 31.7 Å². The molecule has 0 saturated carbocycles. The molecule has 1 aliphatic heterocycles. The molecule has 1 aliphatic rings. The third-order valence-electron chi connectivity index (χ3n) is 3.84. The molecule has 1 saturated heterocycles. The second-order valence-electron chi connectivity index (χ2n) is 5.27. The minimum atomic E-state index is -1.09. The van der Waals surface area contributed by atoms with E-state index in [0.717, 1.165) is 18.4 Å². The van der Waals surface area contributed by atoms with Gasteiger partial charge in [0.2, 0.25) is 5.91 Å². The normalized spacial score (nSPS) is 22.9. The highest BCUT2D eigenvalue weighted by atomic mass is 16.4. The Morgan fingerprint density at radius 2 is 1.95 bits per heavy atom. The molecule has 1 aromatic carbocycles. The van der Waals surface area contributed by atoms with Crippen LogP contribution < -0.4 is 0 Å². The van der Waals surface area contributed by atoms with Gasteiger partial charge in [-0.2, -0.15) is 0 Å². The summed E-state index contributed by atoms with van der Waals surface area (Å²) in [5.41, 5.74) is -0.161. The third kappa shape index (κ3) is 2.90. The van der Waals surface area contributed by atoms with Gasteiger partial charge in [-0.3, -0.25) is 4.79 Å². The van der Waals surface area contributed by atoms with Crippen LogP contribution in [-0.2, 0) is 9.59 Å². The van der Waals surface area contributed by atoms with Crippen LogP contribution in [-0.4, -0.2) is 34.0 Å². The molecule has 106 valence electrons. The first-order valence-electron chi connectivity index (χ1n) is 6.82. The maximum absolute atomic E-state index is 12.3. The molecule has 4 heteroatoms. The van der Waals surface area contributed by atoms with Gasteiger partial charge in [0.05, 0.1) is 0 Å². The number of aliphatic carboxylic acids is 1. The summed E-state index contributed by atoms with van der Waals surface area (Å²) in [7, 11) is 0. The standard InChI is InChI=1S/C16H19NO3/c1-16(15(19)20)11-5-6-12-17(16)14(18)10-9-13-7-3-2-4-8-13/h2-4,7-10H,5-6,11-12H2,1H3,(H,19,20)/b10-9+. The fourth-order valence-electron chi connectivity index (χ4n) is 2.52. The molecule has 1 N–H and O–H groups in total. The highest BCUT2D eigenvalue weighted by Gasteiger charge is 2.43. The fourth-order valence-corrected chi connectivity index (χ4v) is 2.52.